The van der Waals surface area contributed by atoms with E-state index in [9.17, 15) is 13.2 Å². The molecule has 0 amide bonds. The topological polar surface area (TPSA) is 39.4 Å². The van der Waals surface area contributed by atoms with Gasteiger partial charge in [0, 0.05) is 24.0 Å². The van der Waals surface area contributed by atoms with E-state index in [2.05, 4.69) is 9.98 Å². The Morgan fingerprint density at radius 1 is 1.39 bits per heavy atom. The van der Waals surface area contributed by atoms with Crippen molar-refractivity contribution in [2.75, 3.05) is 13.2 Å². The van der Waals surface area contributed by atoms with Crippen LogP contribution in [0.4, 0.5) is 18.9 Å². The lowest BCUT2D eigenvalue weighted by Gasteiger charge is -2.13. The molecule has 4 nitrogen and oxygen atoms in total. The van der Waals surface area contributed by atoms with Crippen molar-refractivity contribution in [2.45, 2.75) is 19.5 Å². The maximum atomic E-state index is 13.1. The van der Waals surface area contributed by atoms with Crippen LogP contribution in [0.25, 0.3) is 0 Å². The Bertz CT molecular complexity index is 669. The Balaban J connectivity index is 2.44. The molecule has 1 aromatic carbocycles. The van der Waals surface area contributed by atoms with Gasteiger partial charge in [0.05, 0.1) is 11.3 Å². The number of nitrogens with zero attached hydrogens (tertiary/aromatic N) is 3. The molecule has 1 aromatic heterocycles. The summed E-state index contributed by atoms with van der Waals surface area (Å²) in [5, 5.41) is 0.177. The summed E-state index contributed by atoms with van der Waals surface area (Å²) in [6, 6.07) is 3.29. The van der Waals surface area contributed by atoms with Crippen LogP contribution in [-0.4, -0.2) is 28.6 Å². The second-order valence-corrected chi connectivity index (χ2v) is 5.15. The van der Waals surface area contributed by atoms with Gasteiger partial charge in [0.2, 0.25) is 0 Å². The van der Waals surface area contributed by atoms with Gasteiger partial charge in [-0.15, -0.1) is 0 Å². The highest BCUT2D eigenvalue weighted by atomic mass is 35.5. The van der Waals surface area contributed by atoms with E-state index in [-0.39, 0.29) is 17.3 Å². The summed E-state index contributed by atoms with van der Waals surface area (Å²) >= 11 is 5.82. The van der Waals surface area contributed by atoms with E-state index in [0.717, 1.165) is 12.5 Å². The highest BCUT2D eigenvalue weighted by Crippen LogP contribution is 2.37. The Morgan fingerprint density at radius 2 is 2.17 bits per heavy atom. The van der Waals surface area contributed by atoms with Gasteiger partial charge in [-0.2, -0.15) is 13.2 Å². The molecule has 2 rings (SSSR count). The summed E-state index contributed by atoms with van der Waals surface area (Å²) in [5.41, 5.74) is -1.11. The van der Waals surface area contributed by atoms with Gasteiger partial charge in [-0.3, -0.25) is 4.57 Å². The second-order valence-electron chi connectivity index (χ2n) is 4.71. The molecule has 23 heavy (non-hydrogen) atoms. The monoisotopic (exact) mass is 345 g/mol. The van der Waals surface area contributed by atoms with Gasteiger partial charge < -0.3 is 4.74 Å². The lowest BCUT2D eigenvalue weighted by atomic mass is 10.1. The number of imidazole rings is 1. The maximum absolute atomic E-state index is 13.1. The average Bonchev–Trinajstić information content (AvgIpc) is 2.99. The van der Waals surface area contributed by atoms with Crippen LogP contribution in [-0.2, 0) is 10.9 Å². The smallest absolute Gasteiger partial charge is 0.374 e. The molecular formula is C15H15ClF3N3O. The SMILES string of the molecule is CCCOCC(=Nc1cc(Cl)ccc1C(F)(F)F)n1ccnc1. The van der Waals surface area contributed by atoms with Gasteiger partial charge in [-0.1, -0.05) is 18.5 Å². The van der Waals surface area contributed by atoms with Crippen LogP contribution in [0.1, 0.15) is 18.9 Å². The van der Waals surface area contributed by atoms with E-state index in [1.165, 1.54) is 29.2 Å². The highest BCUT2D eigenvalue weighted by molar-refractivity contribution is 6.30. The molecule has 0 bridgehead atoms. The molecule has 1 heterocycles. The average molecular weight is 346 g/mol. The summed E-state index contributed by atoms with van der Waals surface area (Å²) in [6.45, 7) is 2.48. The fourth-order valence-electron chi connectivity index (χ4n) is 1.86. The van der Waals surface area contributed by atoms with Crippen molar-refractivity contribution in [2.24, 2.45) is 4.99 Å². The standard InChI is InChI=1S/C15H15ClF3N3O/c1-2-7-23-9-14(22-6-5-20-10-22)21-13-8-11(16)3-4-12(13)15(17,18)19/h3-6,8,10H,2,7,9H2,1H3. The number of rotatable bonds is 5. The minimum atomic E-state index is -4.52. The number of aliphatic imine (C=N–C) groups is 1. The second kappa shape index (κ2) is 7.61. The predicted octanol–water partition coefficient (Wildman–Crippen LogP) is 4.56. The molecule has 0 saturated heterocycles. The normalized spacial score (nSPS) is 12.7. The van der Waals surface area contributed by atoms with E-state index >= 15 is 0 Å². The van der Waals surface area contributed by atoms with Crippen LogP contribution in [0.15, 0.2) is 41.9 Å². The molecule has 2 aromatic rings. The first-order valence-corrected chi connectivity index (χ1v) is 7.30. The van der Waals surface area contributed by atoms with Crippen LogP contribution in [0, 0.1) is 0 Å². The van der Waals surface area contributed by atoms with Gasteiger partial charge >= 0.3 is 6.18 Å². The molecular weight excluding hydrogens is 331 g/mol. The molecule has 0 saturated carbocycles. The first-order valence-electron chi connectivity index (χ1n) is 6.92. The van der Waals surface area contributed by atoms with Crippen molar-refractivity contribution in [1.82, 2.24) is 9.55 Å². The van der Waals surface area contributed by atoms with Crippen molar-refractivity contribution in [3.8, 4) is 0 Å². The number of hydrogen-bond acceptors (Lipinski definition) is 3. The van der Waals surface area contributed by atoms with E-state index in [4.69, 9.17) is 16.3 Å². The van der Waals surface area contributed by atoms with Crippen molar-refractivity contribution >= 4 is 23.1 Å². The maximum Gasteiger partial charge on any atom is 0.418 e. The zero-order valence-electron chi connectivity index (χ0n) is 12.3. The van der Waals surface area contributed by atoms with Gasteiger partial charge in [0.1, 0.15) is 18.8 Å². The van der Waals surface area contributed by atoms with Crippen molar-refractivity contribution in [1.29, 1.82) is 0 Å². The minimum absolute atomic E-state index is 0.0635. The first-order chi connectivity index (χ1) is 10.9. The molecule has 0 fully saturated rings. The van der Waals surface area contributed by atoms with Crippen LogP contribution in [0.2, 0.25) is 5.02 Å². The number of halogens is 4. The van der Waals surface area contributed by atoms with Crippen molar-refractivity contribution < 1.29 is 17.9 Å². The number of alkyl halides is 3. The van der Waals surface area contributed by atoms with E-state index in [1.807, 2.05) is 6.92 Å². The number of aromatic nitrogens is 2. The lowest BCUT2D eigenvalue weighted by Crippen LogP contribution is -2.18. The molecule has 0 aliphatic rings. The third-order valence-corrected chi connectivity index (χ3v) is 3.13. The highest BCUT2D eigenvalue weighted by Gasteiger charge is 2.33. The van der Waals surface area contributed by atoms with Gasteiger partial charge in [-0.25, -0.2) is 9.98 Å². The van der Waals surface area contributed by atoms with Gasteiger partial charge in [-0.05, 0) is 24.6 Å². The quantitative estimate of drug-likeness (QED) is 0.452. The van der Waals surface area contributed by atoms with Gasteiger partial charge in [0.15, 0.2) is 0 Å². The van der Waals surface area contributed by atoms with Crippen molar-refractivity contribution in [3.05, 3.63) is 47.5 Å². The number of ether oxygens (including phenoxy) is 1. The fourth-order valence-corrected chi connectivity index (χ4v) is 2.03. The van der Waals surface area contributed by atoms with E-state index in [1.54, 1.807) is 6.20 Å². The summed E-state index contributed by atoms with van der Waals surface area (Å²) < 4.78 is 46.3. The zero-order valence-corrected chi connectivity index (χ0v) is 13.1. The zero-order chi connectivity index (χ0) is 16.9. The largest absolute Gasteiger partial charge is 0.418 e. The van der Waals surface area contributed by atoms with Crippen LogP contribution < -0.4 is 0 Å². The summed E-state index contributed by atoms with van der Waals surface area (Å²) in [7, 11) is 0. The number of hydrogen-bond donors (Lipinski definition) is 0. The fraction of sp³-hybridized carbons (Fsp3) is 0.333. The van der Waals surface area contributed by atoms with Crippen LogP contribution >= 0.6 is 11.6 Å². The first kappa shape index (κ1) is 17.5. The molecule has 0 N–H and O–H groups in total. The number of benzene rings is 1. The molecule has 124 valence electrons. The molecule has 0 aliphatic carbocycles. The molecule has 0 spiro atoms. The molecule has 0 atom stereocenters. The van der Waals surface area contributed by atoms with Crippen LogP contribution in [0.3, 0.4) is 0 Å². The Morgan fingerprint density at radius 3 is 2.78 bits per heavy atom. The molecule has 0 unspecified atom stereocenters. The Labute approximate surface area is 136 Å². The van der Waals surface area contributed by atoms with Gasteiger partial charge in [0.25, 0.3) is 0 Å². The predicted molar refractivity (Wildman–Crippen MR) is 82.3 cm³/mol. The third-order valence-electron chi connectivity index (χ3n) is 2.90. The molecule has 0 aliphatic heterocycles. The lowest BCUT2D eigenvalue weighted by molar-refractivity contribution is -0.137. The summed E-state index contributed by atoms with van der Waals surface area (Å²) in [6.07, 6.45) is 0.825. The molecule has 8 heteroatoms. The molecule has 0 radical (unpaired) electrons. The van der Waals surface area contributed by atoms with Crippen LogP contribution in [0.5, 0.6) is 0 Å². The van der Waals surface area contributed by atoms with E-state index < -0.39 is 11.7 Å². The van der Waals surface area contributed by atoms with Crippen molar-refractivity contribution in [3.63, 3.8) is 0 Å². The summed E-state index contributed by atoms with van der Waals surface area (Å²) in [4.78, 5) is 7.99. The minimum Gasteiger partial charge on any atom is -0.374 e. The Hall–Kier alpha value is -1.86. The summed E-state index contributed by atoms with van der Waals surface area (Å²) in [5.74, 6) is 0.295. The Kier molecular flexibility index (Phi) is 5.79. The van der Waals surface area contributed by atoms with E-state index in [0.29, 0.717) is 12.4 Å². The third kappa shape index (κ3) is 4.80.